The van der Waals surface area contributed by atoms with Crippen molar-refractivity contribution in [3.05, 3.63) is 48.8 Å². The number of hydrogen-bond acceptors (Lipinski definition) is 0. The Labute approximate surface area is 130 Å². The van der Waals surface area contributed by atoms with Crippen LogP contribution in [0.3, 0.4) is 0 Å². The van der Waals surface area contributed by atoms with Crippen LogP contribution in [0.1, 0.15) is 13.8 Å². The number of nitrogens with zero attached hydrogens (tertiary/aromatic N) is 2. The summed E-state index contributed by atoms with van der Waals surface area (Å²) in [5, 5.41) is 0. The molecule has 2 nitrogen and oxygen atoms in total. The molecule has 0 fully saturated rings. The van der Waals surface area contributed by atoms with Crippen molar-refractivity contribution in [3.63, 3.8) is 0 Å². The molecule has 0 saturated heterocycles. The van der Waals surface area contributed by atoms with Crippen LogP contribution in [-0.4, -0.2) is 0 Å². The Morgan fingerprint density at radius 3 is 1.44 bits per heavy atom. The van der Waals surface area contributed by atoms with E-state index in [1.807, 2.05) is 0 Å². The molecule has 2 aromatic heterocycles. The average molecular weight is 374 g/mol. The van der Waals surface area contributed by atoms with Crippen molar-refractivity contribution >= 4 is 0 Å². The predicted molar refractivity (Wildman–Crippen MR) is 63.6 cm³/mol. The van der Waals surface area contributed by atoms with Crippen molar-refractivity contribution in [2.24, 2.45) is 0 Å². The van der Waals surface area contributed by atoms with Gasteiger partial charge in [0.2, 0.25) is 0 Å². The van der Waals surface area contributed by atoms with Gasteiger partial charge >= 0.3 is 0 Å². The molecule has 0 spiro atoms. The van der Waals surface area contributed by atoms with Crippen molar-refractivity contribution in [2.45, 2.75) is 26.9 Å². The van der Waals surface area contributed by atoms with E-state index in [1.54, 1.807) is 0 Å². The second-order valence-corrected chi connectivity index (χ2v) is 3.74. The van der Waals surface area contributed by atoms with Crippen LogP contribution >= 0.6 is 0 Å². The van der Waals surface area contributed by atoms with Crippen molar-refractivity contribution in [2.75, 3.05) is 0 Å². The number of pyridine rings is 2. The molecular formula is C14H18Br2N2. The molecule has 0 aliphatic heterocycles. The molecule has 0 aliphatic carbocycles. The van der Waals surface area contributed by atoms with E-state index in [1.165, 1.54) is 11.4 Å². The largest absolute Gasteiger partial charge is 1.00 e. The minimum absolute atomic E-state index is 0. The van der Waals surface area contributed by atoms with E-state index in [0.717, 1.165) is 13.1 Å². The molecule has 0 saturated carbocycles. The zero-order valence-electron chi connectivity index (χ0n) is 10.7. The topological polar surface area (TPSA) is 7.76 Å². The zero-order valence-corrected chi connectivity index (χ0v) is 13.9. The van der Waals surface area contributed by atoms with Gasteiger partial charge in [0.05, 0.1) is 0 Å². The summed E-state index contributed by atoms with van der Waals surface area (Å²) in [5.41, 5.74) is 2.54. The Balaban J connectivity index is 0.00000144. The maximum absolute atomic E-state index is 2.27. The van der Waals surface area contributed by atoms with Gasteiger partial charge in [0.25, 0.3) is 11.4 Å². The number of rotatable bonds is 3. The fraction of sp³-hybridized carbons (Fsp3) is 0.286. The van der Waals surface area contributed by atoms with E-state index < -0.39 is 0 Å². The van der Waals surface area contributed by atoms with Gasteiger partial charge in [0.15, 0.2) is 12.4 Å². The zero-order chi connectivity index (χ0) is 11.4. The second-order valence-electron chi connectivity index (χ2n) is 3.74. The fourth-order valence-corrected chi connectivity index (χ4v) is 1.97. The predicted octanol–water partition coefficient (Wildman–Crippen LogP) is -4.02. The van der Waals surface area contributed by atoms with E-state index in [-0.39, 0.29) is 34.0 Å². The highest BCUT2D eigenvalue weighted by Crippen LogP contribution is 2.09. The highest BCUT2D eigenvalue weighted by atomic mass is 79.9. The quantitative estimate of drug-likeness (QED) is 0.484. The summed E-state index contributed by atoms with van der Waals surface area (Å²) in [5.74, 6) is 0. The number of hydrogen-bond donors (Lipinski definition) is 0. The van der Waals surface area contributed by atoms with Crippen LogP contribution in [0.25, 0.3) is 11.4 Å². The van der Waals surface area contributed by atoms with Crippen LogP contribution in [0, 0.1) is 0 Å². The Morgan fingerprint density at radius 2 is 1.11 bits per heavy atom. The summed E-state index contributed by atoms with van der Waals surface area (Å²) in [6.45, 7) is 6.33. The third-order valence-electron chi connectivity index (χ3n) is 2.83. The fourth-order valence-electron chi connectivity index (χ4n) is 1.97. The summed E-state index contributed by atoms with van der Waals surface area (Å²) >= 11 is 0. The van der Waals surface area contributed by atoms with Crippen LogP contribution in [0.4, 0.5) is 0 Å². The molecule has 2 rings (SSSR count). The summed E-state index contributed by atoms with van der Waals surface area (Å²) < 4.78 is 4.53. The smallest absolute Gasteiger partial charge is 0.277 e. The van der Waals surface area contributed by atoms with E-state index >= 15 is 0 Å². The van der Waals surface area contributed by atoms with Crippen molar-refractivity contribution in [3.8, 4) is 11.4 Å². The average Bonchev–Trinajstić information content (AvgIpc) is 2.38. The minimum atomic E-state index is 0. The lowest BCUT2D eigenvalue weighted by Gasteiger charge is -2.01. The standard InChI is InChI=1S/C14H18N2.2BrH/c1-3-15-11-7-5-9-13(15)14-10-6-8-12-16(14)4-2;;/h5-12H,3-4H2,1-2H3;2*1H/q+2;;/p-2. The molecule has 2 heterocycles. The van der Waals surface area contributed by atoms with Crippen molar-refractivity contribution < 1.29 is 43.1 Å². The Morgan fingerprint density at radius 1 is 0.722 bits per heavy atom. The summed E-state index contributed by atoms with van der Waals surface area (Å²) in [6.07, 6.45) is 4.25. The molecule has 18 heavy (non-hydrogen) atoms. The molecule has 0 amide bonds. The monoisotopic (exact) mass is 372 g/mol. The third kappa shape index (κ3) is 3.62. The molecule has 0 atom stereocenters. The Hall–Kier alpha value is -0.740. The molecule has 2 aromatic rings. The van der Waals surface area contributed by atoms with Gasteiger partial charge in [0, 0.05) is 24.3 Å². The van der Waals surface area contributed by atoms with Gasteiger partial charge in [-0.3, -0.25) is 0 Å². The van der Waals surface area contributed by atoms with Gasteiger partial charge in [-0.15, -0.1) is 0 Å². The van der Waals surface area contributed by atoms with Crippen LogP contribution in [0.2, 0.25) is 0 Å². The van der Waals surface area contributed by atoms with Crippen LogP contribution in [0.15, 0.2) is 48.8 Å². The van der Waals surface area contributed by atoms with Crippen LogP contribution in [-0.2, 0) is 13.1 Å². The molecule has 98 valence electrons. The van der Waals surface area contributed by atoms with E-state index in [9.17, 15) is 0 Å². The van der Waals surface area contributed by atoms with E-state index in [4.69, 9.17) is 0 Å². The van der Waals surface area contributed by atoms with Gasteiger partial charge in [0.1, 0.15) is 13.1 Å². The first-order valence-corrected chi connectivity index (χ1v) is 5.84. The maximum atomic E-state index is 2.27. The van der Waals surface area contributed by atoms with E-state index in [2.05, 4.69) is 71.8 Å². The van der Waals surface area contributed by atoms with Gasteiger partial charge in [-0.25, -0.2) is 0 Å². The Bertz CT molecular complexity index is 441. The molecule has 0 N–H and O–H groups in total. The first-order valence-electron chi connectivity index (χ1n) is 5.84. The van der Waals surface area contributed by atoms with Crippen LogP contribution in [0.5, 0.6) is 0 Å². The lowest BCUT2D eigenvalue weighted by molar-refractivity contribution is -0.711. The lowest BCUT2D eigenvalue weighted by atomic mass is 10.2. The number of aromatic nitrogens is 2. The lowest BCUT2D eigenvalue weighted by Crippen LogP contribution is -3.00. The van der Waals surface area contributed by atoms with Gasteiger partial charge in [-0.1, -0.05) is 0 Å². The first-order chi connectivity index (χ1) is 7.86. The Kier molecular flexibility index (Phi) is 8.03. The minimum Gasteiger partial charge on any atom is -1.00 e. The molecule has 0 unspecified atom stereocenters. The highest BCUT2D eigenvalue weighted by Gasteiger charge is 2.19. The van der Waals surface area contributed by atoms with E-state index in [0.29, 0.717) is 0 Å². The van der Waals surface area contributed by atoms with Gasteiger partial charge in [-0.2, -0.15) is 9.13 Å². The summed E-state index contributed by atoms with van der Waals surface area (Å²) in [6, 6.07) is 12.7. The molecule has 0 aromatic carbocycles. The molecule has 0 bridgehead atoms. The molecular weight excluding hydrogens is 356 g/mol. The third-order valence-corrected chi connectivity index (χ3v) is 2.83. The number of aryl methyl sites for hydroxylation is 2. The van der Waals surface area contributed by atoms with Gasteiger partial charge < -0.3 is 34.0 Å². The molecule has 0 radical (unpaired) electrons. The number of halogens is 2. The second kappa shape index (κ2) is 8.38. The SMILES string of the molecule is CC[n+]1ccccc1-c1cccc[n+]1CC.[Br-].[Br-]. The molecule has 4 heteroatoms. The first kappa shape index (κ1) is 17.3. The molecule has 0 aliphatic rings. The van der Waals surface area contributed by atoms with Crippen molar-refractivity contribution in [1.82, 2.24) is 0 Å². The van der Waals surface area contributed by atoms with Gasteiger partial charge in [-0.05, 0) is 26.0 Å². The van der Waals surface area contributed by atoms with Crippen LogP contribution < -0.4 is 43.1 Å². The maximum Gasteiger partial charge on any atom is 0.277 e. The normalized spacial score (nSPS) is 9.22. The summed E-state index contributed by atoms with van der Waals surface area (Å²) in [7, 11) is 0. The van der Waals surface area contributed by atoms with Crippen molar-refractivity contribution in [1.29, 1.82) is 0 Å². The highest BCUT2D eigenvalue weighted by molar-refractivity contribution is 5.45. The summed E-state index contributed by atoms with van der Waals surface area (Å²) in [4.78, 5) is 0.